The zero-order valence-electron chi connectivity index (χ0n) is 17.0. The summed E-state index contributed by atoms with van der Waals surface area (Å²) in [6.07, 6.45) is 1.50. The van der Waals surface area contributed by atoms with E-state index < -0.39 is 5.97 Å². The van der Waals surface area contributed by atoms with E-state index in [0.29, 0.717) is 16.3 Å². The lowest BCUT2D eigenvalue weighted by atomic mass is 10.1. The van der Waals surface area contributed by atoms with Crippen LogP contribution in [-0.4, -0.2) is 34.2 Å². The molecule has 6 nitrogen and oxygen atoms in total. The third-order valence-electron chi connectivity index (χ3n) is 4.53. The van der Waals surface area contributed by atoms with E-state index >= 15 is 0 Å². The number of anilines is 1. The van der Waals surface area contributed by atoms with Crippen molar-refractivity contribution in [3.63, 3.8) is 0 Å². The molecule has 0 atom stereocenters. The zero-order valence-corrected chi connectivity index (χ0v) is 19.4. The molecule has 9 heteroatoms. The molecule has 0 aliphatic rings. The summed E-state index contributed by atoms with van der Waals surface area (Å²) < 4.78 is 5.06. The highest BCUT2D eigenvalue weighted by atomic mass is 35.5. The molecule has 0 saturated carbocycles. The highest BCUT2D eigenvalue weighted by Crippen LogP contribution is 2.38. The van der Waals surface area contributed by atoms with Gasteiger partial charge in [-0.25, -0.2) is 14.8 Å². The summed E-state index contributed by atoms with van der Waals surface area (Å²) in [6, 6.07) is 14.4. The number of para-hydroxylation sites is 1. The lowest BCUT2D eigenvalue weighted by Crippen LogP contribution is -2.17. The molecular weight excluding hydrogens is 466 g/mol. The Kier molecular flexibility index (Phi) is 7.04. The van der Waals surface area contributed by atoms with Crippen LogP contribution in [0.1, 0.15) is 17.3 Å². The number of esters is 1. The van der Waals surface area contributed by atoms with E-state index in [9.17, 15) is 9.59 Å². The van der Waals surface area contributed by atoms with Crippen LogP contribution >= 0.6 is 34.7 Å². The molecule has 4 rings (SSSR count). The van der Waals surface area contributed by atoms with E-state index in [2.05, 4.69) is 15.3 Å². The first kappa shape index (κ1) is 22.3. The standard InChI is InChI=1S/C23H18ClN3O3S2/c1-2-30-23(29)16-5-3-4-6-18(16)27-19(28)12-32-22-20-17(11-31-21(20)25-13-26-22)14-7-9-15(24)10-8-14/h3-11,13H,2,12H2,1H3,(H,27,28). The minimum Gasteiger partial charge on any atom is -0.462 e. The second-order valence-corrected chi connectivity index (χ2v) is 8.88. The summed E-state index contributed by atoms with van der Waals surface area (Å²) in [5.41, 5.74) is 2.74. The molecule has 162 valence electrons. The first-order valence-corrected chi connectivity index (χ1v) is 12.0. The number of thioether (sulfide) groups is 1. The van der Waals surface area contributed by atoms with E-state index in [1.807, 2.05) is 29.6 Å². The number of rotatable bonds is 7. The topological polar surface area (TPSA) is 81.2 Å². The molecule has 0 aliphatic carbocycles. The zero-order chi connectivity index (χ0) is 22.5. The number of nitrogens with one attached hydrogen (secondary N) is 1. The molecule has 1 N–H and O–H groups in total. The molecular formula is C23H18ClN3O3S2. The molecule has 32 heavy (non-hydrogen) atoms. The van der Waals surface area contributed by atoms with Gasteiger partial charge in [0.2, 0.25) is 5.91 Å². The van der Waals surface area contributed by atoms with Crippen molar-refractivity contribution in [2.75, 3.05) is 17.7 Å². The summed E-state index contributed by atoms with van der Waals surface area (Å²) in [5, 5.41) is 7.12. The SMILES string of the molecule is CCOC(=O)c1ccccc1NC(=O)CSc1ncnc2scc(-c3ccc(Cl)cc3)c12. The van der Waals surface area contributed by atoms with Crippen LogP contribution in [0.5, 0.6) is 0 Å². The number of hydrogen-bond acceptors (Lipinski definition) is 7. The van der Waals surface area contributed by atoms with Crippen molar-refractivity contribution in [2.24, 2.45) is 0 Å². The lowest BCUT2D eigenvalue weighted by molar-refractivity contribution is -0.113. The molecule has 0 aliphatic heterocycles. The Labute approximate surface area is 198 Å². The number of halogens is 1. The molecule has 0 fully saturated rings. The van der Waals surface area contributed by atoms with Gasteiger partial charge < -0.3 is 10.1 Å². The van der Waals surface area contributed by atoms with E-state index in [-0.39, 0.29) is 18.3 Å². The minimum absolute atomic E-state index is 0.124. The van der Waals surface area contributed by atoms with E-state index in [0.717, 1.165) is 26.4 Å². The smallest absolute Gasteiger partial charge is 0.340 e. The molecule has 0 radical (unpaired) electrons. The summed E-state index contributed by atoms with van der Waals surface area (Å²) in [6.45, 7) is 2.00. The van der Waals surface area contributed by atoms with Gasteiger partial charge in [0, 0.05) is 16.0 Å². The van der Waals surface area contributed by atoms with Crippen molar-refractivity contribution < 1.29 is 14.3 Å². The van der Waals surface area contributed by atoms with E-state index in [1.54, 1.807) is 31.2 Å². The first-order valence-electron chi connectivity index (χ1n) is 9.73. The van der Waals surface area contributed by atoms with Gasteiger partial charge in [-0.05, 0) is 36.8 Å². The number of nitrogens with zero attached hydrogens (tertiary/aromatic N) is 2. The number of carbonyl (C=O) groups excluding carboxylic acids is 2. The van der Waals surface area contributed by atoms with E-state index in [1.165, 1.54) is 29.4 Å². The van der Waals surface area contributed by atoms with Gasteiger partial charge in [-0.15, -0.1) is 11.3 Å². The Morgan fingerprint density at radius 1 is 1.12 bits per heavy atom. The molecule has 2 heterocycles. The van der Waals surface area contributed by atoms with E-state index in [4.69, 9.17) is 16.3 Å². The van der Waals surface area contributed by atoms with Crippen LogP contribution in [0.3, 0.4) is 0 Å². The van der Waals surface area contributed by atoms with Gasteiger partial charge in [0.05, 0.1) is 29.0 Å². The van der Waals surface area contributed by atoms with Crippen LogP contribution < -0.4 is 5.32 Å². The number of fused-ring (bicyclic) bond motifs is 1. The fourth-order valence-electron chi connectivity index (χ4n) is 3.10. The summed E-state index contributed by atoms with van der Waals surface area (Å²) in [5.74, 6) is -0.597. The van der Waals surface area contributed by atoms with Gasteiger partial charge in [-0.2, -0.15) is 0 Å². The van der Waals surface area contributed by atoms with Crippen molar-refractivity contribution in [2.45, 2.75) is 11.9 Å². The summed E-state index contributed by atoms with van der Waals surface area (Å²) >= 11 is 8.87. The van der Waals surface area contributed by atoms with Crippen LogP contribution in [0.2, 0.25) is 5.02 Å². The maximum Gasteiger partial charge on any atom is 0.340 e. The molecule has 2 aromatic carbocycles. The fourth-order valence-corrected chi connectivity index (χ4v) is 5.02. The first-order chi connectivity index (χ1) is 15.6. The third kappa shape index (κ3) is 4.93. The average molecular weight is 484 g/mol. The number of carbonyl (C=O) groups is 2. The predicted molar refractivity (Wildman–Crippen MR) is 130 cm³/mol. The van der Waals surface area contributed by atoms with Gasteiger partial charge in [0.25, 0.3) is 0 Å². The molecule has 0 spiro atoms. The van der Waals surface area contributed by atoms with Crippen LogP contribution in [-0.2, 0) is 9.53 Å². The van der Waals surface area contributed by atoms with Crippen molar-refractivity contribution in [3.8, 4) is 11.1 Å². The number of hydrogen-bond donors (Lipinski definition) is 1. The summed E-state index contributed by atoms with van der Waals surface area (Å²) in [7, 11) is 0. The van der Waals surface area contributed by atoms with Gasteiger partial charge in [-0.3, -0.25) is 4.79 Å². The highest BCUT2D eigenvalue weighted by molar-refractivity contribution is 8.00. The fraction of sp³-hybridized carbons (Fsp3) is 0.130. The quantitative estimate of drug-likeness (QED) is 0.199. The van der Waals surface area contributed by atoms with Crippen LogP contribution in [0, 0.1) is 0 Å². The molecule has 4 aromatic rings. The van der Waals surface area contributed by atoms with Gasteiger partial charge >= 0.3 is 5.97 Å². The van der Waals surface area contributed by atoms with Crippen LogP contribution in [0.15, 0.2) is 65.3 Å². The lowest BCUT2D eigenvalue weighted by Gasteiger charge is -2.10. The maximum atomic E-state index is 12.6. The minimum atomic E-state index is -0.473. The molecule has 0 unspecified atom stereocenters. The number of ether oxygens (including phenoxy) is 1. The van der Waals surface area contributed by atoms with Crippen LogP contribution in [0.25, 0.3) is 21.3 Å². The van der Waals surface area contributed by atoms with Crippen molar-refractivity contribution >= 4 is 62.5 Å². The van der Waals surface area contributed by atoms with Gasteiger partial charge in [0.15, 0.2) is 0 Å². The normalized spacial score (nSPS) is 10.8. The molecule has 2 aromatic heterocycles. The average Bonchev–Trinajstić information content (AvgIpc) is 3.23. The Balaban J connectivity index is 1.53. The Bertz CT molecular complexity index is 1280. The third-order valence-corrected chi connectivity index (χ3v) is 6.65. The predicted octanol–water partition coefficient (Wildman–Crippen LogP) is 5.92. The maximum absolute atomic E-state index is 12.6. The summed E-state index contributed by atoms with van der Waals surface area (Å²) in [4.78, 5) is 34.4. The largest absolute Gasteiger partial charge is 0.462 e. The second kappa shape index (κ2) is 10.1. The number of benzene rings is 2. The monoisotopic (exact) mass is 483 g/mol. The molecule has 0 bridgehead atoms. The molecule has 0 saturated heterocycles. The van der Waals surface area contributed by atoms with Crippen molar-refractivity contribution in [1.29, 1.82) is 0 Å². The Morgan fingerprint density at radius 3 is 2.69 bits per heavy atom. The number of amides is 1. The van der Waals surface area contributed by atoms with Crippen molar-refractivity contribution in [1.82, 2.24) is 9.97 Å². The van der Waals surface area contributed by atoms with Crippen LogP contribution in [0.4, 0.5) is 5.69 Å². The number of aromatic nitrogens is 2. The van der Waals surface area contributed by atoms with Gasteiger partial charge in [-0.1, -0.05) is 47.6 Å². The molecule has 1 amide bonds. The Morgan fingerprint density at radius 2 is 1.91 bits per heavy atom. The second-order valence-electron chi connectivity index (χ2n) is 6.62. The Hall–Kier alpha value is -2.94. The van der Waals surface area contributed by atoms with Crippen molar-refractivity contribution in [3.05, 3.63) is 70.8 Å². The highest BCUT2D eigenvalue weighted by Gasteiger charge is 2.17. The number of thiophene rings is 1. The van der Waals surface area contributed by atoms with Gasteiger partial charge in [0.1, 0.15) is 16.2 Å².